The van der Waals surface area contributed by atoms with Crippen LogP contribution in [0.25, 0.3) is 4.96 Å². The number of aromatic nitrogens is 2. The molecule has 0 N–H and O–H groups in total. The summed E-state index contributed by atoms with van der Waals surface area (Å²) in [5, 5.41) is 3.14. The lowest BCUT2D eigenvalue weighted by molar-refractivity contribution is 0.529. The summed E-state index contributed by atoms with van der Waals surface area (Å²) in [5.41, 5.74) is 1.22. The maximum atomic E-state index is 4.60. The van der Waals surface area contributed by atoms with Crippen LogP contribution in [0.4, 0.5) is 0 Å². The van der Waals surface area contributed by atoms with Crippen molar-refractivity contribution in [3.05, 3.63) is 23.5 Å². The van der Waals surface area contributed by atoms with E-state index in [4.69, 9.17) is 0 Å². The van der Waals surface area contributed by atoms with Gasteiger partial charge in [0.05, 0.1) is 5.69 Å². The third kappa shape index (κ3) is 2.61. The standard InChI is InChI=1S/C11H15BrN2S/c1-2-3-9(7-12)6-10-8-14-4-5-15-11(14)13-10/h4-5,8-9H,2-3,6-7H2,1H3. The number of nitrogens with zero attached hydrogens (tertiary/aromatic N) is 2. The molecule has 4 heteroatoms. The minimum atomic E-state index is 0.722. The maximum Gasteiger partial charge on any atom is 0.193 e. The fourth-order valence-electron chi connectivity index (χ4n) is 1.81. The average Bonchev–Trinajstić information content (AvgIpc) is 2.77. The minimum absolute atomic E-state index is 0.722. The van der Waals surface area contributed by atoms with Crippen molar-refractivity contribution in [1.82, 2.24) is 9.38 Å². The Balaban J connectivity index is 2.07. The molecule has 2 heterocycles. The lowest BCUT2D eigenvalue weighted by Gasteiger charge is -2.09. The Labute approximate surface area is 102 Å². The Hall–Kier alpha value is -0.350. The van der Waals surface area contributed by atoms with Crippen LogP contribution in [0.3, 0.4) is 0 Å². The van der Waals surface area contributed by atoms with E-state index in [0.29, 0.717) is 0 Å². The summed E-state index contributed by atoms with van der Waals surface area (Å²) < 4.78 is 2.11. The topological polar surface area (TPSA) is 17.3 Å². The van der Waals surface area contributed by atoms with Gasteiger partial charge in [-0.15, -0.1) is 11.3 Å². The van der Waals surface area contributed by atoms with Crippen LogP contribution in [0.1, 0.15) is 25.5 Å². The second kappa shape index (κ2) is 5.12. The predicted octanol–water partition coefficient (Wildman–Crippen LogP) is 3.75. The molecule has 0 aliphatic heterocycles. The zero-order valence-electron chi connectivity index (χ0n) is 8.82. The molecule has 1 atom stereocenters. The molecule has 1 unspecified atom stereocenters. The molecule has 0 bridgehead atoms. The van der Waals surface area contributed by atoms with E-state index in [9.17, 15) is 0 Å². The molecule has 0 saturated carbocycles. The van der Waals surface area contributed by atoms with Gasteiger partial charge in [0.25, 0.3) is 0 Å². The second-order valence-electron chi connectivity index (χ2n) is 3.84. The summed E-state index contributed by atoms with van der Waals surface area (Å²) >= 11 is 5.27. The van der Waals surface area contributed by atoms with Gasteiger partial charge in [0.15, 0.2) is 4.96 Å². The normalized spacial score (nSPS) is 13.5. The third-order valence-electron chi connectivity index (χ3n) is 2.56. The molecule has 15 heavy (non-hydrogen) atoms. The van der Waals surface area contributed by atoms with Gasteiger partial charge >= 0.3 is 0 Å². The Morgan fingerprint density at radius 2 is 2.47 bits per heavy atom. The number of fused-ring (bicyclic) bond motifs is 1. The molecule has 0 radical (unpaired) electrons. The van der Waals surface area contributed by atoms with E-state index in [1.807, 2.05) is 0 Å². The number of hydrogen-bond acceptors (Lipinski definition) is 2. The number of hydrogen-bond donors (Lipinski definition) is 0. The van der Waals surface area contributed by atoms with Crippen LogP contribution in [0.5, 0.6) is 0 Å². The van der Waals surface area contributed by atoms with E-state index in [-0.39, 0.29) is 0 Å². The number of rotatable bonds is 5. The molecule has 0 aliphatic rings. The van der Waals surface area contributed by atoms with Crippen LogP contribution in [0.2, 0.25) is 0 Å². The minimum Gasteiger partial charge on any atom is -0.297 e. The van der Waals surface area contributed by atoms with Crippen LogP contribution >= 0.6 is 27.3 Å². The van der Waals surface area contributed by atoms with Gasteiger partial charge in [-0.2, -0.15) is 0 Å². The molecular weight excluding hydrogens is 272 g/mol. The molecule has 82 valence electrons. The lowest BCUT2D eigenvalue weighted by Crippen LogP contribution is -2.05. The molecule has 0 spiro atoms. The summed E-state index contributed by atoms with van der Waals surface area (Å²) in [6, 6.07) is 0. The molecule has 0 amide bonds. The van der Waals surface area contributed by atoms with Crippen molar-refractivity contribution in [2.75, 3.05) is 5.33 Å². The van der Waals surface area contributed by atoms with Gasteiger partial charge < -0.3 is 0 Å². The van der Waals surface area contributed by atoms with Crippen LogP contribution in [0, 0.1) is 5.92 Å². The summed E-state index contributed by atoms with van der Waals surface area (Å²) in [4.78, 5) is 5.71. The van der Waals surface area contributed by atoms with Gasteiger partial charge in [-0.25, -0.2) is 4.98 Å². The summed E-state index contributed by atoms with van der Waals surface area (Å²) in [7, 11) is 0. The zero-order valence-corrected chi connectivity index (χ0v) is 11.2. The fourth-order valence-corrected chi connectivity index (χ4v) is 3.08. The van der Waals surface area contributed by atoms with E-state index in [1.165, 1.54) is 18.5 Å². The van der Waals surface area contributed by atoms with Crippen LogP contribution in [-0.2, 0) is 6.42 Å². The summed E-state index contributed by atoms with van der Waals surface area (Å²) in [5.74, 6) is 0.722. The molecule has 2 nitrogen and oxygen atoms in total. The molecule has 0 fully saturated rings. The van der Waals surface area contributed by atoms with Gasteiger partial charge in [0, 0.05) is 23.1 Å². The second-order valence-corrected chi connectivity index (χ2v) is 5.36. The first-order chi connectivity index (χ1) is 7.33. The van der Waals surface area contributed by atoms with Crippen LogP contribution in [0.15, 0.2) is 17.8 Å². The lowest BCUT2D eigenvalue weighted by atomic mass is 10.0. The molecular formula is C11H15BrN2S. The molecule has 0 aromatic carbocycles. The van der Waals surface area contributed by atoms with Crippen LogP contribution in [-0.4, -0.2) is 14.7 Å². The quantitative estimate of drug-likeness (QED) is 0.766. The van der Waals surface area contributed by atoms with E-state index in [1.54, 1.807) is 11.3 Å². The fraction of sp³-hybridized carbons (Fsp3) is 0.545. The van der Waals surface area contributed by atoms with E-state index in [0.717, 1.165) is 22.6 Å². The first kappa shape index (κ1) is 11.1. The Morgan fingerprint density at radius 3 is 3.13 bits per heavy atom. The van der Waals surface area contributed by atoms with Gasteiger partial charge in [0.1, 0.15) is 0 Å². The first-order valence-corrected chi connectivity index (χ1v) is 7.30. The maximum absolute atomic E-state index is 4.60. The van der Waals surface area contributed by atoms with Crippen molar-refractivity contribution in [2.24, 2.45) is 5.92 Å². The van der Waals surface area contributed by atoms with Crippen molar-refractivity contribution >= 4 is 32.2 Å². The van der Waals surface area contributed by atoms with Crippen molar-refractivity contribution < 1.29 is 0 Å². The summed E-state index contributed by atoms with van der Waals surface area (Å²) in [6.07, 6.45) is 7.83. The Morgan fingerprint density at radius 1 is 1.60 bits per heavy atom. The van der Waals surface area contributed by atoms with Crippen LogP contribution < -0.4 is 0 Å². The molecule has 0 saturated heterocycles. The zero-order chi connectivity index (χ0) is 10.7. The molecule has 0 aliphatic carbocycles. The van der Waals surface area contributed by atoms with Crippen molar-refractivity contribution in [3.8, 4) is 0 Å². The Kier molecular flexibility index (Phi) is 3.81. The van der Waals surface area contributed by atoms with E-state index >= 15 is 0 Å². The third-order valence-corrected chi connectivity index (χ3v) is 4.24. The average molecular weight is 287 g/mol. The van der Waals surface area contributed by atoms with Crippen molar-refractivity contribution in [2.45, 2.75) is 26.2 Å². The van der Waals surface area contributed by atoms with Gasteiger partial charge in [-0.3, -0.25) is 4.40 Å². The smallest absolute Gasteiger partial charge is 0.193 e. The van der Waals surface area contributed by atoms with E-state index < -0.39 is 0 Å². The molecule has 2 aromatic rings. The largest absolute Gasteiger partial charge is 0.297 e. The SMILES string of the molecule is CCCC(CBr)Cc1cn2ccsc2n1. The van der Waals surface area contributed by atoms with Crippen molar-refractivity contribution in [3.63, 3.8) is 0 Å². The Bertz CT molecular complexity index is 392. The molecule has 2 aromatic heterocycles. The number of thiazole rings is 1. The highest BCUT2D eigenvalue weighted by Crippen LogP contribution is 2.18. The van der Waals surface area contributed by atoms with E-state index in [2.05, 4.69) is 50.0 Å². The van der Waals surface area contributed by atoms with Gasteiger partial charge in [-0.05, 0) is 18.8 Å². The highest BCUT2D eigenvalue weighted by Gasteiger charge is 2.10. The molecule has 2 rings (SSSR count). The predicted molar refractivity (Wildman–Crippen MR) is 69.0 cm³/mol. The first-order valence-electron chi connectivity index (χ1n) is 5.30. The van der Waals surface area contributed by atoms with Crippen molar-refractivity contribution in [1.29, 1.82) is 0 Å². The highest BCUT2D eigenvalue weighted by molar-refractivity contribution is 9.09. The van der Waals surface area contributed by atoms with Gasteiger partial charge in [-0.1, -0.05) is 29.3 Å². The van der Waals surface area contributed by atoms with Gasteiger partial charge in [0.2, 0.25) is 0 Å². The number of alkyl halides is 1. The highest BCUT2D eigenvalue weighted by atomic mass is 79.9. The monoisotopic (exact) mass is 286 g/mol. The number of imidazole rings is 1. The summed E-state index contributed by atoms with van der Waals surface area (Å²) in [6.45, 7) is 2.24. The number of halogens is 1.